The largest absolute Gasteiger partial charge is 0.339 e. The first-order chi connectivity index (χ1) is 14.7. The molecule has 2 aromatic heterocycles. The number of nitrogens with zero attached hydrogens (tertiary/aromatic N) is 6. The number of hydrogen-bond acceptors (Lipinski definition) is 6. The van der Waals surface area contributed by atoms with Gasteiger partial charge in [-0.15, -0.1) is 0 Å². The summed E-state index contributed by atoms with van der Waals surface area (Å²) >= 11 is 5.70. The zero-order valence-electron chi connectivity index (χ0n) is 16.8. The van der Waals surface area contributed by atoms with E-state index in [4.69, 9.17) is 21.8 Å². The Kier molecular flexibility index (Phi) is 5.47. The summed E-state index contributed by atoms with van der Waals surface area (Å²) in [6.07, 6.45) is 6.64. The van der Waals surface area contributed by atoms with E-state index in [9.17, 15) is 4.39 Å². The third kappa shape index (κ3) is 3.96. The summed E-state index contributed by atoms with van der Waals surface area (Å²) in [4.78, 5) is 6.90. The first kappa shape index (κ1) is 19.6. The van der Waals surface area contributed by atoms with Crippen molar-refractivity contribution in [1.82, 2.24) is 29.4 Å². The molecule has 0 bridgehead atoms. The van der Waals surface area contributed by atoms with Crippen molar-refractivity contribution < 1.29 is 8.91 Å². The second kappa shape index (κ2) is 8.39. The molecule has 2 aliphatic heterocycles. The van der Waals surface area contributed by atoms with Crippen LogP contribution in [-0.4, -0.2) is 42.5 Å². The number of benzene rings is 1. The lowest BCUT2D eigenvalue weighted by molar-refractivity contribution is 0.143. The maximum atomic E-state index is 13.5. The van der Waals surface area contributed by atoms with Crippen molar-refractivity contribution in [2.24, 2.45) is 0 Å². The molecule has 1 unspecified atom stereocenters. The van der Waals surface area contributed by atoms with Crippen LogP contribution < -0.4 is 0 Å². The number of aryl methyl sites for hydroxylation is 1. The number of fused-ring (bicyclic) bond motifs is 1. The Bertz CT molecular complexity index is 1090. The molecule has 1 fully saturated rings. The number of piperidine rings is 1. The van der Waals surface area contributed by atoms with Crippen molar-refractivity contribution in [2.75, 3.05) is 13.1 Å². The summed E-state index contributed by atoms with van der Waals surface area (Å²) in [6.45, 7) is 3.46. The molecule has 1 aromatic carbocycles. The molecule has 5 rings (SSSR count). The van der Waals surface area contributed by atoms with E-state index in [-0.39, 0.29) is 11.7 Å². The molecule has 1 saturated heterocycles. The normalized spacial score (nSPS) is 20.1. The van der Waals surface area contributed by atoms with Gasteiger partial charge in [0.15, 0.2) is 4.77 Å². The van der Waals surface area contributed by atoms with Crippen LogP contribution in [0.1, 0.15) is 49.7 Å². The number of aromatic nitrogens is 5. The van der Waals surface area contributed by atoms with Gasteiger partial charge in [0.1, 0.15) is 11.6 Å². The van der Waals surface area contributed by atoms with Crippen molar-refractivity contribution in [3.05, 3.63) is 46.6 Å². The second-order valence-corrected chi connectivity index (χ2v) is 8.55. The fourth-order valence-electron chi connectivity index (χ4n) is 4.44. The van der Waals surface area contributed by atoms with Crippen LogP contribution in [0.15, 0.2) is 28.8 Å². The van der Waals surface area contributed by atoms with Gasteiger partial charge < -0.3 is 9.09 Å². The predicted molar refractivity (Wildman–Crippen MR) is 112 cm³/mol. The molecule has 158 valence electrons. The molecule has 3 aromatic rings. The van der Waals surface area contributed by atoms with E-state index in [0.717, 1.165) is 49.5 Å². The topological polar surface area (TPSA) is 64.9 Å². The first-order valence-corrected chi connectivity index (χ1v) is 11.1. The van der Waals surface area contributed by atoms with E-state index in [2.05, 4.69) is 19.6 Å². The molecule has 0 amide bonds. The second-order valence-electron chi connectivity index (χ2n) is 8.18. The van der Waals surface area contributed by atoms with E-state index in [1.54, 1.807) is 12.1 Å². The van der Waals surface area contributed by atoms with Crippen molar-refractivity contribution >= 4 is 12.2 Å². The molecule has 2 aliphatic rings. The molecule has 0 saturated carbocycles. The Hall–Kier alpha value is -2.39. The number of likely N-dealkylation sites (tertiary alicyclic amines) is 1. The fourth-order valence-corrected chi connectivity index (χ4v) is 4.73. The van der Waals surface area contributed by atoms with Crippen molar-refractivity contribution in [3.63, 3.8) is 0 Å². The Labute approximate surface area is 179 Å². The minimum atomic E-state index is -0.307. The van der Waals surface area contributed by atoms with E-state index in [1.165, 1.54) is 31.4 Å². The molecule has 0 aliphatic carbocycles. The van der Waals surface area contributed by atoms with Gasteiger partial charge >= 0.3 is 0 Å². The molecule has 30 heavy (non-hydrogen) atoms. The summed E-state index contributed by atoms with van der Waals surface area (Å²) in [6, 6.07) is 6.27. The summed E-state index contributed by atoms with van der Waals surface area (Å²) < 4.78 is 24.0. The molecule has 0 N–H and O–H groups in total. The van der Waals surface area contributed by atoms with Gasteiger partial charge in [0.2, 0.25) is 11.7 Å². The van der Waals surface area contributed by atoms with Gasteiger partial charge in [0.25, 0.3) is 0 Å². The number of hydrogen-bond donors (Lipinski definition) is 0. The van der Waals surface area contributed by atoms with Crippen molar-refractivity contribution in [1.29, 1.82) is 0 Å². The SMILES string of the molecule is Fc1cccc(-c2noc(C3CCCN(Cn4nc5n(c4=S)CCCCC5)C3)n2)c1. The third-order valence-electron chi connectivity index (χ3n) is 5.99. The summed E-state index contributed by atoms with van der Waals surface area (Å²) in [5, 5.41) is 8.87. The van der Waals surface area contributed by atoms with Crippen LogP contribution in [0.5, 0.6) is 0 Å². The van der Waals surface area contributed by atoms with Crippen molar-refractivity contribution in [3.8, 4) is 11.4 Å². The lowest BCUT2D eigenvalue weighted by Gasteiger charge is -2.30. The molecule has 4 heterocycles. The Morgan fingerprint density at radius 2 is 2.10 bits per heavy atom. The molecule has 0 radical (unpaired) electrons. The van der Waals surface area contributed by atoms with Gasteiger partial charge in [-0.2, -0.15) is 10.1 Å². The van der Waals surface area contributed by atoms with Gasteiger partial charge in [-0.1, -0.05) is 23.7 Å². The van der Waals surface area contributed by atoms with Gasteiger partial charge in [-0.3, -0.25) is 4.90 Å². The monoisotopic (exact) mass is 428 g/mol. The van der Waals surface area contributed by atoms with E-state index in [1.807, 2.05) is 4.68 Å². The maximum Gasteiger partial charge on any atom is 0.231 e. The van der Waals surface area contributed by atoms with Crippen molar-refractivity contribution in [2.45, 2.75) is 57.7 Å². The standard InChI is InChI=1S/C21H25FN6OS/c22-17-8-4-6-15(12-17)19-23-20(29-25-19)16-7-5-10-26(13-16)14-28-21(30)27-11-3-1-2-9-18(27)24-28/h4,6,8,12,16H,1-3,5,7,9-11,13-14H2. The molecule has 0 spiro atoms. The van der Waals surface area contributed by atoms with Crippen LogP contribution in [0.2, 0.25) is 0 Å². The summed E-state index contributed by atoms with van der Waals surface area (Å²) in [5.41, 5.74) is 0.628. The molecule has 1 atom stereocenters. The summed E-state index contributed by atoms with van der Waals surface area (Å²) in [7, 11) is 0. The fraction of sp³-hybridized carbons (Fsp3) is 0.524. The number of halogens is 1. The van der Waals surface area contributed by atoms with Gasteiger partial charge in [-0.05, 0) is 56.6 Å². The smallest absolute Gasteiger partial charge is 0.231 e. The Morgan fingerprint density at radius 1 is 1.17 bits per heavy atom. The van der Waals surface area contributed by atoms with E-state index < -0.39 is 0 Å². The average Bonchev–Trinajstić information content (AvgIpc) is 3.27. The van der Waals surface area contributed by atoms with Gasteiger partial charge in [0, 0.05) is 25.1 Å². The zero-order valence-corrected chi connectivity index (χ0v) is 17.7. The lowest BCUT2D eigenvalue weighted by atomic mass is 9.98. The highest BCUT2D eigenvalue weighted by Crippen LogP contribution is 2.28. The molecule has 9 heteroatoms. The maximum absolute atomic E-state index is 13.5. The predicted octanol–water partition coefficient (Wildman–Crippen LogP) is 4.17. The van der Waals surface area contributed by atoms with Crippen LogP contribution in [-0.2, 0) is 19.6 Å². The van der Waals surface area contributed by atoms with Crippen LogP contribution in [0.25, 0.3) is 11.4 Å². The summed E-state index contributed by atoms with van der Waals surface area (Å²) in [5.74, 6) is 2.01. The van der Waals surface area contributed by atoms with Crippen LogP contribution >= 0.6 is 12.2 Å². The molecular formula is C21H25FN6OS. The zero-order chi connectivity index (χ0) is 20.5. The quantitative estimate of drug-likeness (QED) is 0.581. The van der Waals surface area contributed by atoms with E-state index >= 15 is 0 Å². The highest BCUT2D eigenvalue weighted by molar-refractivity contribution is 7.71. The minimum absolute atomic E-state index is 0.156. The van der Waals surface area contributed by atoms with Crippen LogP contribution in [0, 0.1) is 10.6 Å². The van der Waals surface area contributed by atoms with E-state index in [0.29, 0.717) is 23.9 Å². The third-order valence-corrected chi connectivity index (χ3v) is 6.43. The van der Waals surface area contributed by atoms with Gasteiger partial charge in [-0.25, -0.2) is 9.07 Å². The lowest BCUT2D eigenvalue weighted by Crippen LogP contribution is -2.36. The molecular weight excluding hydrogens is 403 g/mol. The average molecular weight is 429 g/mol. The Balaban J connectivity index is 1.30. The molecule has 7 nitrogen and oxygen atoms in total. The first-order valence-electron chi connectivity index (χ1n) is 10.7. The highest BCUT2D eigenvalue weighted by atomic mass is 32.1. The van der Waals surface area contributed by atoms with Gasteiger partial charge in [0.05, 0.1) is 12.6 Å². The van der Waals surface area contributed by atoms with Crippen LogP contribution in [0.4, 0.5) is 4.39 Å². The minimum Gasteiger partial charge on any atom is -0.339 e. The number of rotatable bonds is 4. The Morgan fingerprint density at radius 3 is 3.00 bits per heavy atom. The van der Waals surface area contributed by atoms with Crippen LogP contribution in [0.3, 0.4) is 0 Å². The highest BCUT2D eigenvalue weighted by Gasteiger charge is 2.27.